The van der Waals surface area contributed by atoms with Crippen LogP contribution in [0.3, 0.4) is 0 Å². The van der Waals surface area contributed by atoms with E-state index in [0.29, 0.717) is 11.5 Å². The van der Waals surface area contributed by atoms with Crippen molar-refractivity contribution in [1.29, 1.82) is 0 Å². The van der Waals surface area contributed by atoms with Gasteiger partial charge in [0.25, 0.3) is 0 Å². The van der Waals surface area contributed by atoms with Gasteiger partial charge in [0.1, 0.15) is 0 Å². The van der Waals surface area contributed by atoms with E-state index in [1.165, 1.54) is 55.8 Å². The van der Waals surface area contributed by atoms with Crippen LogP contribution < -0.4 is 9.64 Å². The summed E-state index contributed by atoms with van der Waals surface area (Å²) >= 11 is 2.50. The van der Waals surface area contributed by atoms with Gasteiger partial charge in [0, 0.05) is 6.20 Å². The Morgan fingerprint density at radius 3 is 1.93 bits per heavy atom. The first-order valence-electron chi connectivity index (χ1n) is 20.4. The fourth-order valence-electron chi connectivity index (χ4n) is 8.62. The Labute approximate surface area is 359 Å². The van der Waals surface area contributed by atoms with Gasteiger partial charge in [-0.1, -0.05) is 20.8 Å². The van der Waals surface area contributed by atoms with Crippen molar-refractivity contribution in [3.8, 4) is 45.1 Å². The topological polar surface area (TPSA) is 35.2 Å². The molecule has 0 bridgehead atoms. The summed E-state index contributed by atoms with van der Waals surface area (Å²) in [4.78, 5) is 7.18. The molecule has 9 rings (SSSR count). The molecule has 1 aliphatic rings. The number of rotatable bonds is 7. The molecule has 3 heterocycles. The van der Waals surface area contributed by atoms with Crippen LogP contribution in [0.25, 0.3) is 44.7 Å². The van der Waals surface area contributed by atoms with Crippen LogP contribution >= 0.6 is 0 Å². The second-order valence-electron chi connectivity index (χ2n) is 16.7. The SMILES string of the molecule is Cc1c(C)c(-c2ccccc2)c(-n2[c](=[Pt])n(-c3[c-]c(Oc4[c-]c5c(cc4)CCC(C)N5c4cc(C(C)(C)C)ccn4)ccc3)c3ccccc32)c(-c2ccccc2)c1C. The number of nitrogens with zero attached hydrogens (tertiary/aromatic N) is 4. The summed E-state index contributed by atoms with van der Waals surface area (Å²) in [5, 5.41) is 0. The summed E-state index contributed by atoms with van der Waals surface area (Å²) in [5.74, 6) is 2.22. The van der Waals surface area contributed by atoms with E-state index >= 15 is 0 Å². The predicted octanol–water partition coefficient (Wildman–Crippen LogP) is 13.3. The fourth-order valence-corrected chi connectivity index (χ4v) is 9.69. The first-order valence-corrected chi connectivity index (χ1v) is 21.6. The number of aromatic nitrogens is 3. The molecule has 1 atom stereocenters. The zero-order valence-corrected chi connectivity index (χ0v) is 37.0. The first-order chi connectivity index (χ1) is 28.5. The molecule has 0 saturated heterocycles. The molecule has 8 aromatic rings. The molecule has 0 radical (unpaired) electrons. The van der Waals surface area contributed by atoms with Crippen molar-refractivity contribution < 1.29 is 24.1 Å². The Hall–Kier alpha value is -5.77. The van der Waals surface area contributed by atoms with Gasteiger partial charge < -0.3 is 0 Å². The summed E-state index contributed by atoms with van der Waals surface area (Å²) in [5.41, 5.74) is 16.5. The molecule has 1 aliphatic heterocycles. The Bertz CT molecular complexity index is 2850. The molecule has 6 aromatic carbocycles. The molecule has 1 unspecified atom stereocenters. The summed E-state index contributed by atoms with van der Waals surface area (Å²) in [6.07, 6.45) is 3.96. The molecule has 0 fully saturated rings. The number of hydrogen-bond donors (Lipinski definition) is 0. The second-order valence-corrected chi connectivity index (χ2v) is 17.7. The van der Waals surface area contributed by atoms with Gasteiger partial charge in [-0.05, 0) is 17.0 Å². The predicted molar refractivity (Wildman–Crippen MR) is 238 cm³/mol. The molecule has 59 heavy (non-hydrogen) atoms. The van der Waals surface area contributed by atoms with Crippen molar-refractivity contribution in [1.82, 2.24) is 14.1 Å². The number of hydrogen-bond acceptors (Lipinski definition) is 3. The zero-order chi connectivity index (χ0) is 41.0. The van der Waals surface area contributed by atoms with Gasteiger partial charge in [-0.2, -0.15) is 0 Å². The van der Waals surface area contributed by atoms with Gasteiger partial charge in [0.05, 0.1) is 0 Å². The van der Waals surface area contributed by atoms with Gasteiger partial charge in [-0.15, -0.1) is 0 Å². The average Bonchev–Trinajstić information content (AvgIpc) is 3.54. The first kappa shape index (κ1) is 38.7. The average molecular weight is 952 g/mol. The molecule has 0 amide bonds. The number of anilines is 2. The third-order valence-electron chi connectivity index (χ3n) is 12.0. The summed E-state index contributed by atoms with van der Waals surface area (Å²) in [7, 11) is 0. The third kappa shape index (κ3) is 7.00. The van der Waals surface area contributed by atoms with Crippen molar-refractivity contribution >= 4 is 22.5 Å². The van der Waals surface area contributed by atoms with Crippen molar-refractivity contribution in [3.63, 3.8) is 0 Å². The van der Waals surface area contributed by atoms with Crippen LogP contribution in [-0.4, -0.2) is 20.2 Å². The van der Waals surface area contributed by atoms with Crippen LogP contribution in [0.5, 0.6) is 11.5 Å². The van der Waals surface area contributed by atoms with Gasteiger partial charge in [0.2, 0.25) is 0 Å². The number of pyridine rings is 1. The Balaban J connectivity index is 1.18. The summed E-state index contributed by atoms with van der Waals surface area (Å²) < 4.78 is 12.4. The minimum atomic E-state index is 0.0175. The number of ether oxygens (including phenoxy) is 1. The molecule has 2 aromatic heterocycles. The van der Waals surface area contributed by atoms with E-state index in [4.69, 9.17) is 9.72 Å². The van der Waals surface area contributed by atoms with Crippen molar-refractivity contribution in [3.05, 3.63) is 177 Å². The Kier molecular flexibility index (Phi) is 10.1. The third-order valence-corrected chi connectivity index (χ3v) is 13.0. The molecule has 0 aliphatic carbocycles. The van der Waals surface area contributed by atoms with Crippen LogP contribution in [0.15, 0.2) is 134 Å². The van der Waals surface area contributed by atoms with Gasteiger partial charge >= 0.3 is 317 Å². The maximum absolute atomic E-state index is 6.67. The van der Waals surface area contributed by atoms with Gasteiger partial charge in [-0.3, -0.25) is 0 Å². The molecular formula is C53H48N4OPt-2. The van der Waals surface area contributed by atoms with Crippen LogP contribution in [0.4, 0.5) is 11.5 Å². The Morgan fingerprint density at radius 1 is 0.678 bits per heavy atom. The maximum atomic E-state index is 6.67. The number of imidazole rings is 1. The van der Waals surface area contributed by atoms with Crippen LogP contribution in [0, 0.1) is 36.7 Å². The van der Waals surface area contributed by atoms with Gasteiger partial charge in [-0.25, -0.2) is 0 Å². The molecule has 0 saturated carbocycles. The monoisotopic (exact) mass is 951 g/mol. The molecular weight excluding hydrogens is 904 g/mol. The van der Waals surface area contributed by atoms with E-state index in [1.807, 2.05) is 18.3 Å². The van der Waals surface area contributed by atoms with Crippen LogP contribution in [0.1, 0.15) is 61.9 Å². The summed E-state index contributed by atoms with van der Waals surface area (Å²) in [6, 6.07) is 52.6. The van der Waals surface area contributed by atoms with Crippen LogP contribution in [0.2, 0.25) is 0 Å². The molecule has 6 heteroatoms. The second kappa shape index (κ2) is 15.4. The fraction of sp³-hybridized carbons (Fsp3) is 0.208. The minimum absolute atomic E-state index is 0.0175. The number of fused-ring (bicyclic) bond motifs is 2. The molecule has 0 N–H and O–H groups in total. The molecule has 0 spiro atoms. The van der Waals surface area contributed by atoms with Crippen molar-refractivity contribution in [2.45, 2.75) is 72.8 Å². The zero-order valence-electron chi connectivity index (χ0n) is 34.7. The summed E-state index contributed by atoms with van der Waals surface area (Å²) in [6.45, 7) is 15.8. The van der Waals surface area contributed by atoms with E-state index in [9.17, 15) is 0 Å². The van der Waals surface area contributed by atoms with Crippen molar-refractivity contribution in [2.75, 3.05) is 4.90 Å². The van der Waals surface area contributed by atoms with E-state index < -0.39 is 0 Å². The van der Waals surface area contributed by atoms with E-state index in [2.05, 4.69) is 209 Å². The number of aryl methyl sites for hydroxylation is 1. The quantitative estimate of drug-likeness (QED) is 0.149. The molecule has 298 valence electrons. The number of benzene rings is 6. The van der Waals surface area contributed by atoms with E-state index in [1.54, 1.807) is 0 Å². The van der Waals surface area contributed by atoms with E-state index in [-0.39, 0.29) is 11.5 Å². The standard InChI is InChI=1S/C53H48N4O.Pt/c1-35-25-26-39-27-28-45(33-48(39)57(35)49-31-42(29-30-54-49)53(5,6)7)58-44-22-16-21-43(32-44)55-34-56(47-24-15-14-23-46(47)55)52-50(40-17-10-8-11-18-40)37(3)36(2)38(4)51(52)41-19-12-9-13-20-41;/h8-24,27-31,35H,25-26H2,1-7H3;/q-2;. The normalized spacial score (nSPS) is 14.1. The van der Waals surface area contributed by atoms with Gasteiger partial charge in [0.15, 0.2) is 0 Å². The van der Waals surface area contributed by atoms with Crippen LogP contribution in [-0.2, 0) is 31.2 Å². The van der Waals surface area contributed by atoms with Crippen molar-refractivity contribution in [2.24, 2.45) is 0 Å². The Morgan fingerprint density at radius 2 is 1.29 bits per heavy atom. The van der Waals surface area contributed by atoms with E-state index in [0.717, 1.165) is 44.9 Å². The number of para-hydroxylation sites is 2. The molecule has 5 nitrogen and oxygen atoms in total.